The lowest BCUT2D eigenvalue weighted by molar-refractivity contribution is -0.137. The second-order valence-corrected chi connectivity index (χ2v) is 6.60. The van der Waals surface area contributed by atoms with E-state index in [9.17, 15) is 9.59 Å². The van der Waals surface area contributed by atoms with Gasteiger partial charge in [-0.15, -0.1) is 0 Å². The van der Waals surface area contributed by atoms with E-state index in [4.69, 9.17) is 5.11 Å². The van der Waals surface area contributed by atoms with Crippen molar-refractivity contribution in [3.8, 4) is 0 Å². The zero-order valence-corrected chi connectivity index (χ0v) is 12.9. The molecule has 1 aliphatic carbocycles. The minimum atomic E-state index is -0.874. The molecule has 0 saturated heterocycles. The van der Waals surface area contributed by atoms with Gasteiger partial charge in [0.05, 0.1) is 6.42 Å². The van der Waals surface area contributed by atoms with E-state index in [0.29, 0.717) is 0 Å². The Labute approximate surface area is 121 Å². The second-order valence-electron chi connectivity index (χ2n) is 6.60. The van der Waals surface area contributed by atoms with E-state index >= 15 is 0 Å². The van der Waals surface area contributed by atoms with Gasteiger partial charge >= 0.3 is 12.0 Å². The molecule has 0 atom stereocenters. The Morgan fingerprint density at radius 1 is 1.15 bits per heavy atom. The van der Waals surface area contributed by atoms with Gasteiger partial charge in [-0.05, 0) is 33.6 Å². The van der Waals surface area contributed by atoms with Gasteiger partial charge in [0, 0.05) is 18.1 Å². The quantitative estimate of drug-likeness (QED) is 0.780. The Hall–Kier alpha value is -1.26. The Morgan fingerprint density at radius 2 is 1.70 bits per heavy atom. The van der Waals surface area contributed by atoms with Gasteiger partial charge in [-0.1, -0.05) is 25.7 Å². The summed E-state index contributed by atoms with van der Waals surface area (Å²) in [5, 5.41) is 11.9. The molecule has 1 fully saturated rings. The second kappa shape index (κ2) is 7.50. The zero-order chi connectivity index (χ0) is 15.2. The zero-order valence-electron chi connectivity index (χ0n) is 12.9. The minimum Gasteiger partial charge on any atom is -0.481 e. The molecule has 116 valence electrons. The molecule has 0 unspecified atom stereocenters. The average Bonchev–Trinajstić information content (AvgIpc) is 2.55. The highest BCUT2D eigenvalue weighted by Crippen LogP contribution is 2.19. The lowest BCUT2D eigenvalue weighted by Gasteiger charge is -2.36. The molecule has 0 aromatic rings. The van der Waals surface area contributed by atoms with Gasteiger partial charge in [-0.2, -0.15) is 0 Å². The van der Waals surface area contributed by atoms with Crippen molar-refractivity contribution in [2.24, 2.45) is 0 Å². The maximum atomic E-state index is 12.4. The van der Waals surface area contributed by atoms with Gasteiger partial charge in [0.2, 0.25) is 0 Å². The summed E-state index contributed by atoms with van der Waals surface area (Å²) >= 11 is 0. The monoisotopic (exact) mass is 284 g/mol. The number of urea groups is 1. The number of carbonyl (C=O) groups excluding carboxylic acids is 1. The largest absolute Gasteiger partial charge is 0.481 e. The van der Waals surface area contributed by atoms with Crippen molar-refractivity contribution < 1.29 is 14.7 Å². The van der Waals surface area contributed by atoms with Crippen molar-refractivity contribution >= 4 is 12.0 Å². The molecule has 1 saturated carbocycles. The summed E-state index contributed by atoms with van der Waals surface area (Å²) in [6, 6.07) is 0.102. The average molecular weight is 284 g/mol. The standard InChI is InChI=1S/C15H28N2O3/c1-15(2,3)17(11-10-13(18)19)14(20)16-12-8-6-4-5-7-9-12/h12H,4-11H2,1-3H3,(H,16,20)(H,18,19). The molecular formula is C15H28N2O3. The normalized spacial score (nSPS) is 17.4. The van der Waals surface area contributed by atoms with E-state index in [1.807, 2.05) is 20.8 Å². The number of hydrogen-bond acceptors (Lipinski definition) is 2. The molecule has 2 N–H and O–H groups in total. The molecule has 0 bridgehead atoms. The van der Waals surface area contributed by atoms with E-state index in [2.05, 4.69) is 5.32 Å². The Balaban J connectivity index is 2.59. The third-order valence-corrected chi connectivity index (χ3v) is 3.79. The first-order valence-corrected chi connectivity index (χ1v) is 7.60. The lowest BCUT2D eigenvalue weighted by Crippen LogP contribution is -2.53. The van der Waals surface area contributed by atoms with Crippen LogP contribution in [0.15, 0.2) is 0 Å². The molecule has 0 spiro atoms. The van der Waals surface area contributed by atoms with Crippen LogP contribution in [0.25, 0.3) is 0 Å². The van der Waals surface area contributed by atoms with Crippen LogP contribution in [0.2, 0.25) is 0 Å². The molecule has 0 aromatic carbocycles. The first kappa shape index (κ1) is 16.8. The van der Waals surface area contributed by atoms with Crippen LogP contribution in [0.1, 0.15) is 65.7 Å². The smallest absolute Gasteiger partial charge is 0.318 e. The molecular weight excluding hydrogens is 256 g/mol. The van der Waals surface area contributed by atoms with Crippen LogP contribution in [-0.4, -0.2) is 40.1 Å². The van der Waals surface area contributed by atoms with Crippen LogP contribution in [0.3, 0.4) is 0 Å². The molecule has 1 rings (SSSR count). The number of aliphatic carboxylic acids is 1. The van der Waals surface area contributed by atoms with Crippen LogP contribution in [0.4, 0.5) is 4.79 Å². The van der Waals surface area contributed by atoms with Crippen LogP contribution >= 0.6 is 0 Å². The summed E-state index contributed by atoms with van der Waals surface area (Å²) in [4.78, 5) is 24.8. The molecule has 20 heavy (non-hydrogen) atoms. The number of nitrogens with zero attached hydrogens (tertiary/aromatic N) is 1. The van der Waals surface area contributed by atoms with Crippen molar-refractivity contribution in [3.05, 3.63) is 0 Å². The maximum Gasteiger partial charge on any atom is 0.318 e. The summed E-state index contributed by atoms with van der Waals surface area (Å²) in [5.74, 6) is -0.874. The van der Waals surface area contributed by atoms with Crippen LogP contribution < -0.4 is 5.32 Å². The van der Waals surface area contributed by atoms with Crippen LogP contribution in [0.5, 0.6) is 0 Å². The molecule has 0 radical (unpaired) electrons. The molecule has 2 amide bonds. The van der Waals surface area contributed by atoms with Gasteiger partial charge in [0.15, 0.2) is 0 Å². The first-order chi connectivity index (χ1) is 9.30. The van der Waals surface area contributed by atoms with E-state index < -0.39 is 5.97 Å². The third kappa shape index (κ3) is 5.80. The molecule has 1 aliphatic rings. The Bertz CT molecular complexity index is 329. The predicted octanol–water partition coefficient (Wildman–Crippen LogP) is 2.99. The van der Waals surface area contributed by atoms with Crippen LogP contribution in [0, 0.1) is 0 Å². The van der Waals surface area contributed by atoms with Crippen LogP contribution in [-0.2, 0) is 4.79 Å². The summed E-state index contributed by atoms with van der Waals surface area (Å²) in [7, 11) is 0. The highest BCUT2D eigenvalue weighted by atomic mass is 16.4. The van der Waals surface area contributed by atoms with E-state index in [1.165, 1.54) is 12.8 Å². The van der Waals surface area contributed by atoms with Crippen molar-refractivity contribution in [2.75, 3.05) is 6.54 Å². The fourth-order valence-electron chi connectivity index (χ4n) is 2.63. The molecule has 0 aromatic heterocycles. The van der Waals surface area contributed by atoms with Crippen molar-refractivity contribution in [2.45, 2.75) is 77.3 Å². The van der Waals surface area contributed by atoms with Gasteiger partial charge in [0.1, 0.15) is 0 Å². The number of carboxylic acid groups (broad SMARTS) is 1. The first-order valence-electron chi connectivity index (χ1n) is 7.60. The lowest BCUT2D eigenvalue weighted by atomic mass is 10.1. The number of hydrogen-bond donors (Lipinski definition) is 2. The fourth-order valence-corrected chi connectivity index (χ4v) is 2.63. The number of nitrogens with one attached hydrogen (secondary N) is 1. The van der Waals surface area contributed by atoms with Gasteiger partial charge in [-0.25, -0.2) is 4.79 Å². The summed E-state index contributed by atoms with van der Waals surface area (Å²) in [6.45, 7) is 6.04. The Morgan fingerprint density at radius 3 is 2.15 bits per heavy atom. The van der Waals surface area contributed by atoms with E-state index in [1.54, 1.807) is 4.90 Å². The maximum absolute atomic E-state index is 12.4. The van der Waals surface area contributed by atoms with Crippen molar-refractivity contribution in [1.29, 1.82) is 0 Å². The Kier molecular flexibility index (Phi) is 6.30. The predicted molar refractivity (Wildman–Crippen MR) is 78.7 cm³/mol. The highest BCUT2D eigenvalue weighted by Gasteiger charge is 2.28. The van der Waals surface area contributed by atoms with E-state index in [0.717, 1.165) is 25.7 Å². The third-order valence-electron chi connectivity index (χ3n) is 3.79. The number of rotatable bonds is 4. The number of amides is 2. The SMILES string of the molecule is CC(C)(C)N(CCC(=O)O)C(=O)NC1CCCCCC1. The van der Waals surface area contributed by atoms with E-state index in [-0.39, 0.29) is 30.6 Å². The topological polar surface area (TPSA) is 69.6 Å². The molecule has 0 aliphatic heterocycles. The molecule has 0 heterocycles. The van der Waals surface area contributed by atoms with Gasteiger partial charge < -0.3 is 15.3 Å². The summed E-state index contributed by atoms with van der Waals surface area (Å²) < 4.78 is 0. The number of carboxylic acids is 1. The summed E-state index contributed by atoms with van der Waals surface area (Å²) in [6.07, 6.45) is 6.86. The number of carbonyl (C=O) groups is 2. The highest BCUT2D eigenvalue weighted by molar-refractivity contribution is 5.76. The van der Waals surface area contributed by atoms with Gasteiger partial charge in [0.25, 0.3) is 0 Å². The molecule has 5 nitrogen and oxygen atoms in total. The molecule has 5 heteroatoms. The van der Waals surface area contributed by atoms with Crippen molar-refractivity contribution in [3.63, 3.8) is 0 Å². The minimum absolute atomic E-state index is 0.0185. The summed E-state index contributed by atoms with van der Waals surface area (Å²) in [5.41, 5.74) is -0.371. The fraction of sp³-hybridized carbons (Fsp3) is 0.867. The van der Waals surface area contributed by atoms with Gasteiger partial charge in [-0.3, -0.25) is 4.79 Å². The van der Waals surface area contributed by atoms with Crippen molar-refractivity contribution in [1.82, 2.24) is 10.2 Å².